The zero-order valence-electron chi connectivity index (χ0n) is 21.3. The number of carbonyl (C=O) groups is 2. The molecular weight excluding hydrogens is 506 g/mol. The maximum absolute atomic E-state index is 13.1. The SMILES string of the molecule is COc1ccc(-c2oc3c(c(C)cc4oc(=O)cc(C)c43)c2CC(=O)NCC(=O)Nc2nc(C)cs2)cc1. The van der Waals surface area contributed by atoms with Gasteiger partial charge < -0.3 is 24.2 Å². The summed E-state index contributed by atoms with van der Waals surface area (Å²) in [6.45, 7) is 5.34. The Bertz CT molecular complexity index is 1750. The molecule has 5 aromatic rings. The highest BCUT2D eigenvalue weighted by Crippen LogP contribution is 2.40. The fourth-order valence-corrected chi connectivity index (χ4v) is 5.18. The first-order chi connectivity index (χ1) is 18.2. The first kappa shape index (κ1) is 25.2. The van der Waals surface area contributed by atoms with Gasteiger partial charge in [-0.2, -0.15) is 0 Å². The highest BCUT2D eigenvalue weighted by atomic mass is 32.1. The molecule has 194 valence electrons. The van der Waals surface area contributed by atoms with Gasteiger partial charge in [-0.15, -0.1) is 11.3 Å². The molecule has 0 saturated heterocycles. The second-order valence-electron chi connectivity index (χ2n) is 8.95. The van der Waals surface area contributed by atoms with Crippen LogP contribution < -0.4 is 21.0 Å². The third-order valence-corrected chi connectivity index (χ3v) is 7.04. The van der Waals surface area contributed by atoms with Crippen LogP contribution in [0.2, 0.25) is 0 Å². The van der Waals surface area contributed by atoms with Crippen LogP contribution >= 0.6 is 11.3 Å². The van der Waals surface area contributed by atoms with E-state index in [2.05, 4.69) is 15.6 Å². The van der Waals surface area contributed by atoms with E-state index >= 15 is 0 Å². The number of nitrogens with zero attached hydrogens (tertiary/aromatic N) is 1. The van der Waals surface area contributed by atoms with Crippen LogP contribution in [0.1, 0.15) is 22.4 Å². The topological polar surface area (TPSA) is 124 Å². The molecule has 9 nitrogen and oxygen atoms in total. The summed E-state index contributed by atoms with van der Waals surface area (Å²) in [5, 5.41) is 9.12. The van der Waals surface area contributed by atoms with Crippen LogP contribution in [0.25, 0.3) is 33.3 Å². The lowest BCUT2D eigenvalue weighted by Crippen LogP contribution is -2.33. The van der Waals surface area contributed by atoms with Crippen LogP contribution in [-0.2, 0) is 16.0 Å². The number of benzene rings is 2. The lowest BCUT2D eigenvalue weighted by molar-refractivity contribution is -0.123. The minimum atomic E-state index is -0.443. The van der Waals surface area contributed by atoms with Gasteiger partial charge in [0.05, 0.1) is 31.2 Å². The summed E-state index contributed by atoms with van der Waals surface area (Å²) in [7, 11) is 1.59. The predicted octanol–water partition coefficient (Wildman–Crippen LogP) is 4.89. The van der Waals surface area contributed by atoms with Gasteiger partial charge in [0.25, 0.3) is 0 Å². The van der Waals surface area contributed by atoms with Crippen molar-refractivity contribution in [3.63, 3.8) is 0 Å². The molecule has 5 rings (SSSR count). The van der Waals surface area contributed by atoms with Crippen LogP contribution in [0.5, 0.6) is 5.75 Å². The van der Waals surface area contributed by atoms with Crippen molar-refractivity contribution >= 4 is 50.2 Å². The second kappa shape index (κ2) is 10.1. The lowest BCUT2D eigenvalue weighted by Gasteiger charge is -2.08. The number of aryl methyl sites for hydroxylation is 3. The molecule has 3 aromatic heterocycles. The first-order valence-electron chi connectivity index (χ1n) is 11.9. The molecule has 0 atom stereocenters. The summed E-state index contributed by atoms with van der Waals surface area (Å²) in [5.74, 6) is 0.489. The maximum atomic E-state index is 13.1. The van der Waals surface area contributed by atoms with Crippen molar-refractivity contribution in [2.45, 2.75) is 27.2 Å². The molecule has 0 bridgehead atoms. The van der Waals surface area contributed by atoms with E-state index in [4.69, 9.17) is 13.6 Å². The molecule has 0 unspecified atom stereocenters. The van der Waals surface area contributed by atoms with E-state index in [0.717, 1.165) is 22.2 Å². The van der Waals surface area contributed by atoms with Crippen molar-refractivity contribution in [3.05, 3.63) is 74.6 Å². The van der Waals surface area contributed by atoms with E-state index in [1.807, 2.05) is 50.4 Å². The van der Waals surface area contributed by atoms with Crippen LogP contribution in [0.3, 0.4) is 0 Å². The third kappa shape index (κ3) is 4.90. The van der Waals surface area contributed by atoms with Crippen LogP contribution in [0.4, 0.5) is 5.13 Å². The number of fused-ring (bicyclic) bond motifs is 3. The van der Waals surface area contributed by atoms with E-state index in [9.17, 15) is 14.4 Å². The van der Waals surface area contributed by atoms with E-state index in [-0.39, 0.29) is 24.8 Å². The number of methoxy groups -OCH3 is 1. The van der Waals surface area contributed by atoms with Gasteiger partial charge in [0, 0.05) is 28.0 Å². The molecule has 38 heavy (non-hydrogen) atoms. The summed E-state index contributed by atoms with van der Waals surface area (Å²) in [6, 6.07) is 10.5. The Balaban J connectivity index is 1.52. The Labute approximate surface area is 221 Å². The normalized spacial score (nSPS) is 11.2. The van der Waals surface area contributed by atoms with Crippen molar-refractivity contribution < 1.29 is 23.2 Å². The largest absolute Gasteiger partial charge is 0.497 e. The van der Waals surface area contributed by atoms with E-state index < -0.39 is 5.63 Å². The molecule has 2 amide bonds. The Morgan fingerprint density at radius 1 is 1.00 bits per heavy atom. The third-order valence-electron chi connectivity index (χ3n) is 6.16. The molecule has 0 aliphatic heterocycles. The number of thiazole rings is 1. The summed E-state index contributed by atoms with van der Waals surface area (Å²) in [6.07, 6.45) is -0.0276. The monoisotopic (exact) mass is 531 g/mol. The van der Waals surface area contributed by atoms with Gasteiger partial charge in [0.15, 0.2) is 5.13 Å². The van der Waals surface area contributed by atoms with Crippen LogP contribution in [0, 0.1) is 20.8 Å². The van der Waals surface area contributed by atoms with Gasteiger partial charge in [0.2, 0.25) is 11.8 Å². The number of amides is 2. The minimum Gasteiger partial charge on any atom is -0.497 e. The molecule has 0 aliphatic carbocycles. The zero-order chi connectivity index (χ0) is 27.0. The van der Waals surface area contributed by atoms with Crippen molar-refractivity contribution in [1.29, 1.82) is 0 Å². The number of nitrogens with one attached hydrogen (secondary N) is 2. The lowest BCUT2D eigenvalue weighted by atomic mass is 9.97. The van der Waals surface area contributed by atoms with Gasteiger partial charge >= 0.3 is 5.63 Å². The van der Waals surface area contributed by atoms with E-state index in [0.29, 0.717) is 44.3 Å². The van der Waals surface area contributed by atoms with Gasteiger partial charge in [0.1, 0.15) is 22.7 Å². The number of carbonyl (C=O) groups excluding carboxylic acids is 2. The average molecular weight is 532 g/mol. The highest BCUT2D eigenvalue weighted by Gasteiger charge is 2.24. The van der Waals surface area contributed by atoms with Gasteiger partial charge in [-0.1, -0.05) is 0 Å². The zero-order valence-corrected chi connectivity index (χ0v) is 22.1. The first-order valence-corrected chi connectivity index (χ1v) is 12.7. The van der Waals surface area contributed by atoms with Crippen LogP contribution in [-0.4, -0.2) is 30.5 Å². The Hall–Kier alpha value is -4.44. The number of rotatable bonds is 7. The highest BCUT2D eigenvalue weighted by molar-refractivity contribution is 7.13. The molecular formula is C28H25N3O6S. The minimum absolute atomic E-state index is 0.0276. The van der Waals surface area contributed by atoms with E-state index in [1.54, 1.807) is 13.2 Å². The molecule has 0 radical (unpaired) electrons. The molecule has 10 heteroatoms. The standard InChI is InChI=1S/C28H25N3O6S/c1-14-9-20-25(15(2)10-23(34)36-20)27-24(14)19(26(37-27)17-5-7-18(35-4)8-6-17)11-21(32)29-12-22(33)31-28-30-16(3)13-38-28/h5-10,13H,11-12H2,1-4H3,(H,29,32)(H,30,31,33). The van der Waals surface area contributed by atoms with Crippen molar-refractivity contribution in [2.75, 3.05) is 19.0 Å². The summed E-state index contributed by atoms with van der Waals surface area (Å²) in [4.78, 5) is 41.6. The second-order valence-corrected chi connectivity index (χ2v) is 9.81. The number of anilines is 1. The Morgan fingerprint density at radius 2 is 1.74 bits per heavy atom. The fourth-order valence-electron chi connectivity index (χ4n) is 4.47. The molecule has 2 aromatic carbocycles. The molecule has 2 N–H and O–H groups in total. The molecule has 0 aliphatic rings. The summed E-state index contributed by atoms with van der Waals surface area (Å²) < 4.78 is 17.1. The van der Waals surface area contributed by atoms with Crippen molar-refractivity contribution in [1.82, 2.24) is 10.3 Å². The summed E-state index contributed by atoms with van der Waals surface area (Å²) >= 11 is 1.32. The van der Waals surface area contributed by atoms with Gasteiger partial charge in [-0.25, -0.2) is 9.78 Å². The number of aromatic nitrogens is 1. The van der Waals surface area contributed by atoms with Crippen molar-refractivity contribution in [3.8, 4) is 17.1 Å². The Morgan fingerprint density at radius 3 is 2.42 bits per heavy atom. The predicted molar refractivity (Wildman–Crippen MR) is 146 cm³/mol. The fraction of sp³-hybridized carbons (Fsp3) is 0.214. The smallest absolute Gasteiger partial charge is 0.336 e. The molecule has 0 saturated carbocycles. The van der Waals surface area contributed by atoms with Gasteiger partial charge in [-0.3, -0.25) is 9.59 Å². The number of hydrogen-bond donors (Lipinski definition) is 2. The number of hydrogen-bond acceptors (Lipinski definition) is 8. The van der Waals surface area contributed by atoms with E-state index in [1.165, 1.54) is 17.4 Å². The van der Waals surface area contributed by atoms with Gasteiger partial charge in [-0.05, 0) is 62.2 Å². The summed E-state index contributed by atoms with van der Waals surface area (Å²) in [5.41, 5.74) is 4.25. The molecule has 0 fully saturated rings. The average Bonchev–Trinajstić information content (AvgIpc) is 3.45. The number of furan rings is 1. The maximum Gasteiger partial charge on any atom is 0.336 e. The molecule has 3 heterocycles. The molecule has 0 spiro atoms. The number of ether oxygens (including phenoxy) is 1. The Kier molecular flexibility index (Phi) is 6.73. The van der Waals surface area contributed by atoms with Crippen LogP contribution in [0.15, 0.2) is 55.4 Å². The van der Waals surface area contributed by atoms with Crippen molar-refractivity contribution in [2.24, 2.45) is 0 Å². The quantitative estimate of drug-likeness (QED) is 0.287.